The van der Waals surface area contributed by atoms with Crippen molar-refractivity contribution in [1.82, 2.24) is 4.31 Å². The van der Waals surface area contributed by atoms with Gasteiger partial charge in [0.25, 0.3) is 0 Å². The van der Waals surface area contributed by atoms with Crippen molar-refractivity contribution in [2.75, 3.05) is 13.1 Å². The molecule has 0 aromatic heterocycles. The van der Waals surface area contributed by atoms with E-state index in [4.69, 9.17) is 5.73 Å². The van der Waals surface area contributed by atoms with E-state index in [-0.39, 0.29) is 19.0 Å². The van der Waals surface area contributed by atoms with Crippen LogP contribution < -0.4 is 5.73 Å². The molecule has 0 spiro atoms. The van der Waals surface area contributed by atoms with E-state index in [1.165, 1.54) is 12.1 Å². The predicted molar refractivity (Wildman–Crippen MR) is 72.0 cm³/mol. The fraction of sp³-hybridized carbons (Fsp3) is 0.538. The fourth-order valence-corrected chi connectivity index (χ4v) is 4.02. The van der Waals surface area contributed by atoms with E-state index >= 15 is 0 Å². The second kappa shape index (κ2) is 4.96. The lowest BCUT2D eigenvalue weighted by molar-refractivity contribution is -0.140. The van der Waals surface area contributed by atoms with Crippen LogP contribution in [0.25, 0.3) is 0 Å². The number of benzene rings is 1. The minimum absolute atomic E-state index is 0.0270. The van der Waals surface area contributed by atoms with Gasteiger partial charge in [0.1, 0.15) is 0 Å². The van der Waals surface area contributed by atoms with Gasteiger partial charge in [-0.05, 0) is 18.1 Å². The van der Waals surface area contributed by atoms with Crippen LogP contribution in [0.2, 0.25) is 0 Å². The van der Waals surface area contributed by atoms with E-state index in [1.807, 2.05) is 13.8 Å². The summed E-state index contributed by atoms with van der Waals surface area (Å²) in [5, 5.41) is 0. The van der Waals surface area contributed by atoms with Gasteiger partial charge in [-0.2, -0.15) is 17.5 Å². The molecule has 1 fully saturated rings. The van der Waals surface area contributed by atoms with Crippen molar-refractivity contribution in [3.8, 4) is 0 Å². The SMILES string of the molecule is CC(C)C1(N)CN(S(=O)(=O)c2ccccc2C(F)(F)F)C1. The molecule has 8 heteroatoms. The predicted octanol–water partition coefficient (Wildman–Crippen LogP) is 2.06. The molecular formula is C13H17F3N2O2S. The number of nitrogens with two attached hydrogens (primary N) is 1. The van der Waals surface area contributed by atoms with Crippen LogP contribution >= 0.6 is 0 Å². The van der Waals surface area contributed by atoms with Crippen LogP contribution in [-0.2, 0) is 16.2 Å². The number of hydrogen-bond acceptors (Lipinski definition) is 3. The van der Waals surface area contributed by atoms with Crippen molar-refractivity contribution in [2.24, 2.45) is 11.7 Å². The molecule has 0 bridgehead atoms. The first-order valence-electron chi connectivity index (χ1n) is 6.44. The third-order valence-corrected chi connectivity index (χ3v) is 5.75. The lowest BCUT2D eigenvalue weighted by Crippen LogP contribution is -2.70. The molecule has 0 radical (unpaired) electrons. The number of rotatable bonds is 3. The second-order valence-corrected chi connectivity index (χ2v) is 7.56. The number of alkyl halides is 3. The van der Waals surface area contributed by atoms with Crippen molar-refractivity contribution in [3.63, 3.8) is 0 Å². The molecule has 1 aliphatic heterocycles. The molecule has 4 nitrogen and oxygen atoms in total. The molecule has 1 saturated heterocycles. The minimum atomic E-state index is -4.72. The van der Waals surface area contributed by atoms with Crippen molar-refractivity contribution in [2.45, 2.75) is 30.5 Å². The van der Waals surface area contributed by atoms with Crippen LogP contribution in [0.3, 0.4) is 0 Å². The topological polar surface area (TPSA) is 63.4 Å². The highest BCUT2D eigenvalue weighted by Crippen LogP contribution is 2.38. The number of sulfonamides is 1. The van der Waals surface area contributed by atoms with Gasteiger partial charge >= 0.3 is 6.18 Å². The van der Waals surface area contributed by atoms with Gasteiger partial charge in [0, 0.05) is 18.6 Å². The quantitative estimate of drug-likeness (QED) is 0.926. The van der Waals surface area contributed by atoms with E-state index < -0.39 is 32.2 Å². The van der Waals surface area contributed by atoms with Crippen molar-refractivity contribution in [3.05, 3.63) is 29.8 Å². The summed E-state index contributed by atoms with van der Waals surface area (Å²) < 4.78 is 64.5. The van der Waals surface area contributed by atoms with Gasteiger partial charge in [0.05, 0.1) is 10.5 Å². The minimum Gasteiger partial charge on any atom is -0.323 e. The van der Waals surface area contributed by atoms with Crippen LogP contribution in [0.1, 0.15) is 19.4 Å². The van der Waals surface area contributed by atoms with Gasteiger partial charge in [0.2, 0.25) is 10.0 Å². The summed E-state index contributed by atoms with van der Waals surface area (Å²) in [6.07, 6.45) is -4.72. The van der Waals surface area contributed by atoms with Crippen molar-refractivity contribution < 1.29 is 21.6 Å². The summed E-state index contributed by atoms with van der Waals surface area (Å²) in [5.41, 5.74) is 4.18. The Labute approximate surface area is 121 Å². The maximum Gasteiger partial charge on any atom is 0.417 e. The zero-order valence-corrected chi connectivity index (χ0v) is 12.5. The number of hydrogen-bond donors (Lipinski definition) is 1. The maximum absolute atomic E-state index is 12.9. The normalized spacial score (nSPS) is 19.6. The highest BCUT2D eigenvalue weighted by Gasteiger charge is 2.49. The number of nitrogens with zero attached hydrogens (tertiary/aromatic N) is 1. The highest BCUT2D eigenvalue weighted by atomic mass is 32.2. The van der Waals surface area contributed by atoms with Crippen LogP contribution in [0.15, 0.2) is 29.2 Å². The first-order valence-corrected chi connectivity index (χ1v) is 7.88. The average Bonchev–Trinajstić information content (AvgIpc) is 2.33. The van der Waals surface area contributed by atoms with Crippen molar-refractivity contribution >= 4 is 10.0 Å². The van der Waals surface area contributed by atoms with Gasteiger partial charge in [0.15, 0.2) is 0 Å². The molecule has 0 unspecified atom stereocenters. The maximum atomic E-state index is 12.9. The Morgan fingerprint density at radius 3 is 2.24 bits per heavy atom. The van der Waals surface area contributed by atoms with Crippen LogP contribution in [0.4, 0.5) is 13.2 Å². The van der Waals surface area contributed by atoms with E-state index in [9.17, 15) is 21.6 Å². The first kappa shape index (κ1) is 16.3. The Bertz CT molecular complexity index is 635. The molecule has 1 aliphatic rings. The van der Waals surface area contributed by atoms with Gasteiger partial charge in [-0.15, -0.1) is 0 Å². The summed E-state index contributed by atoms with van der Waals surface area (Å²) in [7, 11) is -4.19. The molecule has 1 aromatic rings. The highest BCUT2D eigenvalue weighted by molar-refractivity contribution is 7.89. The molecular weight excluding hydrogens is 305 g/mol. The molecule has 2 N–H and O–H groups in total. The van der Waals surface area contributed by atoms with E-state index in [2.05, 4.69) is 0 Å². The zero-order chi connectivity index (χ0) is 16.1. The van der Waals surface area contributed by atoms with Crippen molar-refractivity contribution in [1.29, 1.82) is 0 Å². The van der Waals surface area contributed by atoms with E-state index in [1.54, 1.807) is 0 Å². The van der Waals surface area contributed by atoms with Gasteiger partial charge < -0.3 is 5.73 Å². The van der Waals surface area contributed by atoms with Gasteiger partial charge in [-0.25, -0.2) is 8.42 Å². The summed E-state index contributed by atoms with van der Waals surface area (Å²) >= 11 is 0. The molecule has 0 atom stereocenters. The monoisotopic (exact) mass is 322 g/mol. The molecule has 1 aromatic carbocycles. The van der Waals surface area contributed by atoms with Crippen LogP contribution in [0.5, 0.6) is 0 Å². The second-order valence-electron chi connectivity index (χ2n) is 5.65. The molecule has 0 amide bonds. The molecule has 118 valence electrons. The Hall–Kier alpha value is -1.12. The van der Waals surface area contributed by atoms with E-state index in [0.717, 1.165) is 16.4 Å². The Kier molecular flexibility index (Phi) is 3.84. The van der Waals surface area contributed by atoms with Crippen LogP contribution in [-0.4, -0.2) is 31.4 Å². The Balaban J connectivity index is 2.36. The largest absolute Gasteiger partial charge is 0.417 e. The summed E-state index contributed by atoms with van der Waals surface area (Å²) in [4.78, 5) is -0.719. The first-order chi connectivity index (χ1) is 9.48. The zero-order valence-electron chi connectivity index (χ0n) is 11.7. The van der Waals surface area contributed by atoms with E-state index in [0.29, 0.717) is 0 Å². The smallest absolute Gasteiger partial charge is 0.323 e. The molecule has 0 saturated carbocycles. The fourth-order valence-electron chi connectivity index (χ4n) is 2.21. The molecule has 1 heterocycles. The Morgan fingerprint density at radius 2 is 1.76 bits per heavy atom. The number of halogens is 3. The van der Waals surface area contributed by atoms with Crippen LogP contribution in [0, 0.1) is 5.92 Å². The third-order valence-electron chi connectivity index (χ3n) is 3.90. The van der Waals surface area contributed by atoms with Gasteiger partial charge in [-0.1, -0.05) is 26.0 Å². The standard InChI is InChI=1S/C13H17F3N2O2S/c1-9(2)12(17)7-18(8-12)21(19,20)11-6-4-3-5-10(11)13(14,15)16/h3-6,9H,7-8,17H2,1-2H3. The average molecular weight is 322 g/mol. The lowest BCUT2D eigenvalue weighted by atomic mass is 9.82. The third kappa shape index (κ3) is 2.79. The molecule has 21 heavy (non-hydrogen) atoms. The summed E-state index contributed by atoms with van der Waals surface area (Å²) in [6.45, 7) is 3.76. The molecule has 2 rings (SSSR count). The summed E-state index contributed by atoms with van der Waals surface area (Å²) in [6, 6.07) is 4.19. The summed E-state index contributed by atoms with van der Waals surface area (Å²) in [5.74, 6) is 0.0433. The molecule has 0 aliphatic carbocycles. The van der Waals surface area contributed by atoms with Gasteiger partial charge in [-0.3, -0.25) is 0 Å². The lowest BCUT2D eigenvalue weighted by Gasteiger charge is -2.49. The Morgan fingerprint density at radius 1 is 1.24 bits per heavy atom.